The van der Waals surface area contributed by atoms with Crippen molar-refractivity contribution in [2.45, 2.75) is 45.8 Å². The molecule has 24 heavy (non-hydrogen) atoms. The normalized spacial score (nSPS) is 19.5. The molecule has 1 amide bonds. The summed E-state index contributed by atoms with van der Waals surface area (Å²) < 4.78 is 5.81. The van der Waals surface area contributed by atoms with Crippen molar-refractivity contribution in [2.75, 3.05) is 13.2 Å². The minimum atomic E-state index is -0.609. The van der Waals surface area contributed by atoms with Crippen LogP contribution >= 0.6 is 0 Å². The lowest BCUT2D eigenvalue weighted by atomic mass is 9.93. The number of carbonyl (C=O) groups is 1. The van der Waals surface area contributed by atoms with E-state index in [0.717, 1.165) is 11.3 Å². The predicted octanol–water partition coefficient (Wildman–Crippen LogP) is 1.67. The summed E-state index contributed by atoms with van der Waals surface area (Å²) in [5.41, 5.74) is 4.12. The van der Waals surface area contributed by atoms with Gasteiger partial charge in [0.25, 0.3) is 0 Å². The van der Waals surface area contributed by atoms with Crippen LogP contribution in [0.5, 0.6) is 5.75 Å². The highest BCUT2D eigenvalue weighted by Crippen LogP contribution is 2.25. The van der Waals surface area contributed by atoms with Crippen LogP contribution in [0.3, 0.4) is 0 Å². The number of ether oxygens (including phenoxy) is 1. The molecule has 6 nitrogen and oxygen atoms in total. The number of carbonyl (C=O) groups excluding carboxylic acids is 1. The maximum atomic E-state index is 11.4. The molecule has 132 valence electrons. The molecular weight excluding hydrogens is 306 g/mol. The van der Waals surface area contributed by atoms with Crippen LogP contribution in [0.1, 0.15) is 39.7 Å². The first-order chi connectivity index (χ1) is 11.3. The molecule has 1 aromatic rings. The fourth-order valence-corrected chi connectivity index (χ4v) is 2.45. The fraction of sp³-hybridized carbons (Fsp3) is 0.556. The van der Waals surface area contributed by atoms with Crippen LogP contribution in [0.4, 0.5) is 0 Å². The zero-order valence-corrected chi connectivity index (χ0v) is 14.8. The third-order valence-electron chi connectivity index (χ3n) is 3.72. The van der Waals surface area contributed by atoms with E-state index in [2.05, 4.69) is 15.8 Å². The van der Waals surface area contributed by atoms with Gasteiger partial charge in [0.2, 0.25) is 5.91 Å². The van der Waals surface area contributed by atoms with Crippen LogP contribution in [-0.2, 0) is 4.79 Å². The number of hydrogen-bond acceptors (Lipinski definition) is 5. The highest BCUT2D eigenvalue weighted by Gasteiger charge is 2.24. The second-order valence-electron chi connectivity index (χ2n) is 7.23. The molecule has 0 spiro atoms. The summed E-state index contributed by atoms with van der Waals surface area (Å²) in [5.74, 6) is 0.610. The van der Waals surface area contributed by atoms with E-state index in [-0.39, 0.29) is 24.0 Å². The van der Waals surface area contributed by atoms with Gasteiger partial charge in [-0.2, -0.15) is 5.10 Å². The third-order valence-corrected chi connectivity index (χ3v) is 3.72. The maximum absolute atomic E-state index is 11.4. The Labute approximate surface area is 143 Å². The van der Waals surface area contributed by atoms with Crippen molar-refractivity contribution >= 4 is 11.6 Å². The number of β-amino-alcohol motifs (C(OH)–C–C–N with tert-alkyl or cyclic N) is 1. The summed E-state index contributed by atoms with van der Waals surface area (Å²) in [4.78, 5) is 11.4. The van der Waals surface area contributed by atoms with Gasteiger partial charge < -0.3 is 15.2 Å². The van der Waals surface area contributed by atoms with E-state index in [0.29, 0.717) is 18.7 Å². The van der Waals surface area contributed by atoms with E-state index < -0.39 is 6.10 Å². The van der Waals surface area contributed by atoms with Gasteiger partial charge in [0.15, 0.2) is 0 Å². The topological polar surface area (TPSA) is 83.0 Å². The highest BCUT2D eigenvalue weighted by molar-refractivity contribution is 6.07. The van der Waals surface area contributed by atoms with Crippen LogP contribution in [-0.4, -0.2) is 41.5 Å². The molecule has 0 aromatic heterocycles. The van der Waals surface area contributed by atoms with Crippen LogP contribution in [0.25, 0.3) is 0 Å². The molecule has 1 aliphatic rings. The van der Waals surface area contributed by atoms with Crippen molar-refractivity contribution in [3.8, 4) is 5.75 Å². The molecule has 6 heteroatoms. The Hall–Kier alpha value is -1.92. The van der Waals surface area contributed by atoms with Crippen LogP contribution in [0.2, 0.25) is 0 Å². The molecule has 0 saturated carbocycles. The lowest BCUT2D eigenvalue weighted by Gasteiger charge is -2.24. The van der Waals surface area contributed by atoms with Gasteiger partial charge in [-0.15, -0.1) is 0 Å². The van der Waals surface area contributed by atoms with E-state index in [9.17, 15) is 9.90 Å². The first-order valence-corrected chi connectivity index (χ1v) is 8.28. The van der Waals surface area contributed by atoms with Gasteiger partial charge in [-0.1, -0.05) is 19.1 Å². The smallest absolute Gasteiger partial charge is 0.240 e. The van der Waals surface area contributed by atoms with E-state index >= 15 is 0 Å². The van der Waals surface area contributed by atoms with Crippen molar-refractivity contribution in [3.63, 3.8) is 0 Å². The highest BCUT2D eigenvalue weighted by atomic mass is 16.5. The molecule has 0 saturated heterocycles. The second-order valence-corrected chi connectivity index (χ2v) is 7.23. The van der Waals surface area contributed by atoms with E-state index in [1.54, 1.807) is 0 Å². The minimum Gasteiger partial charge on any atom is -0.490 e. The number of rotatable bonds is 6. The molecule has 2 atom stereocenters. The van der Waals surface area contributed by atoms with E-state index in [4.69, 9.17) is 4.74 Å². The Balaban J connectivity index is 2.03. The Morgan fingerprint density at radius 3 is 2.79 bits per heavy atom. The summed E-state index contributed by atoms with van der Waals surface area (Å²) in [6.45, 7) is 8.76. The SMILES string of the molecule is CC1CC(=O)NN=C1c1ccccc1OCC(O)CNC(C)(C)C. The molecule has 2 rings (SSSR count). The molecule has 1 aliphatic heterocycles. The standard InChI is InChI=1S/C18H27N3O3/c1-12-9-16(23)20-21-17(12)14-7-5-6-8-15(14)24-11-13(22)10-19-18(2,3)4/h5-8,12-13,19,22H,9-11H2,1-4H3,(H,20,23). The zero-order valence-electron chi connectivity index (χ0n) is 14.8. The summed E-state index contributed by atoms with van der Waals surface area (Å²) in [6.07, 6.45) is -0.201. The van der Waals surface area contributed by atoms with Gasteiger partial charge in [-0.3, -0.25) is 4.79 Å². The predicted molar refractivity (Wildman–Crippen MR) is 94.2 cm³/mol. The van der Waals surface area contributed by atoms with Crippen molar-refractivity contribution in [1.29, 1.82) is 0 Å². The summed E-state index contributed by atoms with van der Waals surface area (Å²) in [7, 11) is 0. The number of nitrogens with one attached hydrogen (secondary N) is 2. The van der Waals surface area contributed by atoms with Gasteiger partial charge >= 0.3 is 0 Å². The van der Waals surface area contributed by atoms with Gasteiger partial charge in [0, 0.05) is 30.0 Å². The average molecular weight is 333 g/mol. The van der Waals surface area contributed by atoms with Crippen molar-refractivity contribution < 1.29 is 14.6 Å². The fourth-order valence-electron chi connectivity index (χ4n) is 2.45. The Morgan fingerprint density at radius 1 is 1.42 bits per heavy atom. The molecule has 0 radical (unpaired) electrons. The molecule has 2 unspecified atom stereocenters. The molecule has 0 fully saturated rings. The molecule has 0 aliphatic carbocycles. The molecule has 3 N–H and O–H groups in total. The zero-order chi connectivity index (χ0) is 17.7. The average Bonchev–Trinajstić information content (AvgIpc) is 2.51. The van der Waals surface area contributed by atoms with Crippen molar-refractivity contribution in [2.24, 2.45) is 11.0 Å². The lowest BCUT2D eigenvalue weighted by molar-refractivity contribution is -0.121. The Morgan fingerprint density at radius 2 is 2.12 bits per heavy atom. The number of benzene rings is 1. The van der Waals surface area contributed by atoms with Crippen LogP contribution in [0.15, 0.2) is 29.4 Å². The maximum Gasteiger partial charge on any atom is 0.240 e. The molecule has 1 aromatic carbocycles. The summed E-state index contributed by atoms with van der Waals surface area (Å²) in [6, 6.07) is 7.56. The van der Waals surface area contributed by atoms with E-state index in [1.807, 2.05) is 52.0 Å². The quantitative estimate of drug-likeness (QED) is 0.739. The number of hydrogen-bond donors (Lipinski definition) is 3. The first kappa shape index (κ1) is 18.4. The van der Waals surface area contributed by atoms with Gasteiger partial charge in [0.05, 0.1) is 5.71 Å². The largest absolute Gasteiger partial charge is 0.490 e. The Kier molecular flexibility index (Phi) is 5.96. The van der Waals surface area contributed by atoms with Crippen LogP contribution in [0, 0.1) is 5.92 Å². The number of hydrazone groups is 1. The second kappa shape index (κ2) is 7.77. The van der Waals surface area contributed by atoms with Crippen molar-refractivity contribution in [3.05, 3.63) is 29.8 Å². The molecule has 1 heterocycles. The van der Waals surface area contributed by atoms with Gasteiger partial charge in [0.1, 0.15) is 18.5 Å². The number of amides is 1. The number of aliphatic hydroxyl groups is 1. The number of aliphatic hydroxyl groups excluding tert-OH is 1. The molecular formula is C18H27N3O3. The third kappa shape index (κ3) is 5.32. The lowest BCUT2D eigenvalue weighted by Crippen LogP contribution is -2.42. The summed E-state index contributed by atoms with van der Waals surface area (Å²) >= 11 is 0. The van der Waals surface area contributed by atoms with Gasteiger partial charge in [-0.05, 0) is 32.9 Å². The molecule has 0 bridgehead atoms. The number of nitrogens with zero attached hydrogens (tertiary/aromatic N) is 1. The Bertz CT molecular complexity index is 608. The van der Waals surface area contributed by atoms with Crippen LogP contribution < -0.4 is 15.5 Å². The minimum absolute atomic E-state index is 0.0241. The summed E-state index contributed by atoms with van der Waals surface area (Å²) in [5, 5.41) is 17.5. The monoisotopic (exact) mass is 333 g/mol. The van der Waals surface area contributed by atoms with Crippen molar-refractivity contribution in [1.82, 2.24) is 10.7 Å². The van der Waals surface area contributed by atoms with E-state index in [1.165, 1.54) is 0 Å². The number of para-hydroxylation sites is 1. The first-order valence-electron chi connectivity index (χ1n) is 8.28. The van der Waals surface area contributed by atoms with Gasteiger partial charge in [-0.25, -0.2) is 5.43 Å².